The van der Waals surface area contributed by atoms with Crippen molar-refractivity contribution in [2.75, 3.05) is 19.6 Å². The third kappa shape index (κ3) is 3.78. The van der Waals surface area contributed by atoms with Gasteiger partial charge in [-0.25, -0.2) is 14.6 Å². The molecule has 25 heavy (non-hydrogen) atoms. The van der Waals surface area contributed by atoms with Crippen LogP contribution in [0.3, 0.4) is 0 Å². The van der Waals surface area contributed by atoms with Crippen LogP contribution in [-0.2, 0) is 16.1 Å². The molecule has 1 saturated heterocycles. The van der Waals surface area contributed by atoms with E-state index in [1.165, 1.54) is 0 Å². The Morgan fingerprint density at radius 2 is 2.12 bits per heavy atom. The van der Waals surface area contributed by atoms with Crippen LogP contribution in [0, 0.1) is 0 Å². The summed E-state index contributed by atoms with van der Waals surface area (Å²) >= 11 is 0. The molecule has 0 unspecified atom stereocenters. The summed E-state index contributed by atoms with van der Waals surface area (Å²) in [4.78, 5) is 33.9. The standard InChI is InChI=1S/C17H24N6O2/c1-3-4-14(25)18-8-10-23-17-16(19-6-7-20-17)15(21-23)13-5-9-22(11-13)12(2)24/h6-7,13H,3-5,8-11H2,1-2H3,(H,18,25)/t13-/m1/s1. The minimum atomic E-state index is 0.0539. The summed E-state index contributed by atoms with van der Waals surface area (Å²) in [7, 11) is 0. The molecule has 2 aromatic heterocycles. The Bertz CT molecular complexity index is 772. The third-order valence-corrected chi connectivity index (χ3v) is 4.54. The molecule has 3 heterocycles. The van der Waals surface area contributed by atoms with Crippen LogP contribution in [0.15, 0.2) is 12.4 Å². The van der Waals surface area contributed by atoms with Gasteiger partial charge in [-0.3, -0.25) is 9.59 Å². The second kappa shape index (κ2) is 7.58. The van der Waals surface area contributed by atoms with E-state index in [2.05, 4.69) is 15.3 Å². The van der Waals surface area contributed by atoms with Crippen LogP contribution in [-0.4, -0.2) is 56.1 Å². The smallest absolute Gasteiger partial charge is 0.220 e. The third-order valence-electron chi connectivity index (χ3n) is 4.54. The van der Waals surface area contributed by atoms with Crippen LogP contribution in [0.5, 0.6) is 0 Å². The molecule has 1 atom stereocenters. The van der Waals surface area contributed by atoms with Crippen LogP contribution < -0.4 is 5.32 Å². The number of carbonyl (C=O) groups excluding carboxylic acids is 2. The number of fused-ring (bicyclic) bond motifs is 1. The van der Waals surface area contributed by atoms with Gasteiger partial charge in [-0.15, -0.1) is 0 Å². The van der Waals surface area contributed by atoms with Crippen molar-refractivity contribution in [3.63, 3.8) is 0 Å². The number of nitrogens with one attached hydrogen (secondary N) is 1. The number of hydrogen-bond donors (Lipinski definition) is 1. The highest BCUT2D eigenvalue weighted by atomic mass is 16.2. The van der Waals surface area contributed by atoms with Crippen LogP contribution >= 0.6 is 0 Å². The first kappa shape index (κ1) is 17.3. The molecule has 0 bridgehead atoms. The van der Waals surface area contributed by atoms with Crippen LogP contribution in [0.1, 0.15) is 44.7 Å². The Morgan fingerprint density at radius 1 is 1.32 bits per heavy atom. The van der Waals surface area contributed by atoms with Gasteiger partial charge in [0.1, 0.15) is 5.52 Å². The lowest BCUT2D eigenvalue weighted by Crippen LogP contribution is -2.27. The van der Waals surface area contributed by atoms with Crippen molar-refractivity contribution in [3.05, 3.63) is 18.1 Å². The van der Waals surface area contributed by atoms with E-state index in [0.717, 1.165) is 36.2 Å². The summed E-state index contributed by atoms with van der Waals surface area (Å²) < 4.78 is 1.81. The monoisotopic (exact) mass is 344 g/mol. The largest absolute Gasteiger partial charge is 0.354 e. The number of likely N-dealkylation sites (tertiary alicyclic amines) is 1. The lowest BCUT2D eigenvalue weighted by Gasteiger charge is -2.12. The van der Waals surface area contributed by atoms with E-state index < -0.39 is 0 Å². The summed E-state index contributed by atoms with van der Waals surface area (Å²) in [6.07, 6.45) is 5.57. The fourth-order valence-electron chi connectivity index (χ4n) is 3.24. The molecule has 134 valence electrons. The van der Waals surface area contributed by atoms with E-state index >= 15 is 0 Å². The normalized spacial score (nSPS) is 17.2. The number of hydrogen-bond acceptors (Lipinski definition) is 5. The highest BCUT2D eigenvalue weighted by molar-refractivity contribution is 5.76. The van der Waals surface area contributed by atoms with Crippen molar-refractivity contribution in [1.29, 1.82) is 0 Å². The number of nitrogens with zero attached hydrogens (tertiary/aromatic N) is 5. The Morgan fingerprint density at radius 3 is 2.84 bits per heavy atom. The number of amides is 2. The molecule has 0 spiro atoms. The Labute approximate surface area is 146 Å². The van der Waals surface area contributed by atoms with Gasteiger partial charge in [-0.2, -0.15) is 5.10 Å². The average Bonchev–Trinajstić information content (AvgIpc) is 3.20. The van der Waals surface area contributed by atoms with E-state index in [1.54, 1.807) is 24.0 Å². The maximum Gasteiger partial charge on any atom is 0.220 e. The lowest BCUT2D eigenvalue weighted by molar-refractivity contribution is -0.127. The predicted octanol–water partition coefficient (Wildman–Crippen LogP) is 1.08. The van der Waals surface area contributed by atoms with E-state index in [-0.39, 0.29) is 17.7 Å². The van der Waals surface area contributed by atoms with Crippen molar-refractivity contribution >= 4 is 23.0 Å². The van der Waals surface area contributed by atoms with Gasteiger partial charge in [0.05, 0.1) is 12.2 Å². The van der Waals surface area contributed by atoms with Crippen molar-refractivity contribution < 1.29 is 9.59 Å². The summed E-state index contributed by atoms with van der Waals surface area (Å²) in [6, 6.07) is 0. The van der Waals surface area contributed by atoms with Crippen molar-refractivity contribution in [3.8, 4) is 0 Å². The first-order valence-corrected chi connectivity index (χ1v) is 8.79. The zero-order chi connectivity index (χ0) is 17.8. The van der Waals surface area contributed by atoms with E-state index in [1.807, 2.05) is 11.8 Å². The molecule has 0 aliphatic carbocycles. The molecule has 8 heteroatoms. The number of rotatable bonds is 6. The topological polar surface area (TPSA) is 93.0 Å². The average molecular weight is 344 g/mol. The highest BCUT2D eigenvalue weighted by Crippen LogP contribution is 2.30. The lowest BCUT2D eigenvalue weighted by atomic mass is 10.0. The molecule has 0 aromatic carbocycles. The van der Waals surface area contributed by atoms with E-state index in [0.29, 0.717) is 26.1 Å². The second-order valence-electron chi connectivity index (χ2n) is 6.39. The molecular formula is C17H24N6O2. The van der Waals surface area contributed by atoms with Crippen molar-refractivity contribution in [2.24, 2.45) is 0 Å². The number of carbonyl (C=O) groups is 2. The maximum absolute atomic E-state index is 11.6. The van der Waals surface area contributed by atoms with Crippen LogP contribution in [0.4, 0.5) is 0 Å². The van der Waals surface area contributed by atoms with Gasteiger partial charge in [0, 0.05) is 51.3 Å². The van der Waals surface area contributed by atoms with Gasteiger partial charge >= 0.3 is 0 Å². The Kier molecular flexibility index (Phi) is 5.25. The molecule has 0 radical (unpaired) electrons. The molecule has 0 saturated carbocycles. The predicted molar refractivity (Wildman–Crippen MR) is 92.9 cm³/mol. The molecule has 1 aliphatic rings. The number of aromatic nitrogens is 4. The van der Waals surface area contributed by atoms with Crippen molar-refractivity contribution in [2.45, 2.75) is 45.6 Å². The second-order valence-corrected chi connectivity index (χ2v) is 6.39. The van der Waals surface area contributed by atoms with E-state index in [9.17, 15) is 9.59 Å². The fourth-order valence-corrected chi connectivity index (χ4v) is 3.24. The van der Waals surface area contributed by atoms with Gasteiger partial charge < -0.3 is 10.2 Å². The van der Waals surface area contributed by atoms with Gasteiger partial charge in [0.25, 0.3) is 0 Å². The molecule has 8 nitrogen and oxygen atoms in total. The SMILES string of the molecule is CCCC(=O)NCCn1nc([C@@H]2CCN(C(C)=O)C2)c2nccnc21. The molecule has 1 N–H and O–H groups in total. The Balaban J connectivity index is 1.77. The van der Waals surface area contributed by atoms with Gasteiger partial charge in [0.2, 0.25) is 11.8 Å². The van der Waals surface area contributed by atoms with Gasteiger partial charge in [-0.1, -0.05) is 6.92 Å². The minimum Gasteiger partial charge on any atom is -0.354 e. The quantitative estimate of drug-likeness (QED) is 0.846. The summed E-state index contributed by atoms with van der Waals surface area (Å²) in [5.41, 5.74) is 2.41. The van der Waals surface area contributed by atoms with Gasteiger partial charge in [-0.05, 0) is 12.8 Å². The van der Waals surface area contributed by atoms with Crippen LogP contribution in [0.25, 0.3) is 11.2 Å². The molecule has 2 amide bonds. The molecular weight excluding hydrogens is 320 g/mol. The van der Waals surface area contributed by atoms with Crippen molar-refractivity contribution in [1.82, 2.24) is 30.0 Å². The highest BCUT2D eigenvalue weighted by Gasteiger charge is 2.30. The van der Waals surface area contributed by atoms with Gasteiger partial charge in [0.15, 0.2) is 5.65 Å². The first-order chi connectivity index (χ1) is 12.1. The first-order valence-electron chi connectivity index (χ1n) is 8.79. The summed E-state index contributed by atoms with van der Waals surface area (Å²) in [6.45, 7) is 6.06. The molecule has 3 rings (SSSR count). The fraction of sp³-hybridized carbons (Fsp3) is 0.588. The van der Waals surface area contributed by atoms with Crippen LogP contribution in [0.2, 0.25) is 0 Å². The maximum atomic E-state index is 11.6. The minimum absolute atomic E-state index is 0.0539. The Hall–Kier alpha value is -2.51. The molecule has 1 fully saturated rings. The summed E-state index contributed by atoms with van der Waals surface area (Å²) in [5, 5.41) is 7.61. The summed E-state index contributed by atoms with van der Waals surface area (Å²) in [5.74, 6) is 0.327. The molecule has 2 aromatic rings. The zero-order valence-electron chi connectivity index (χ0n) is 14.7. The zero-order valence-corrected chi connectivity index (χ0v) is 14.7. The molecule has 1 aliphatic heterocycles. The van der Waals surface area contributed by atoms with E-state index in [4.69, 9.17) is 5.10 Å².